The van der Waals surface area contributed by atoms with Crippen molar-refractivity contribution in [1.82, 2.24) is 25.0 Å². The molecule has 0 bridgehead atoms. The number of likely N-dealkylation sites (tertiary alicyclic amines) is 1. The van der Waals surface area contributed by atoms with Gasteiger partial charge in [0.15, 0.2) is 5.78 Å². The molecule has 8 heteroatoms. The summed E-state index contributed by atoms with van der Waals surface area (Å²) in [6, 6.07) is 16.1. The van der Waals surface area contributed by atoms with Crippen LogP contribution in [0.25, 0.3) is 16.5 Å². The predicted molar refractivity (Wildman–Crippen MR) is 160 cm³/mol. The Morgan fingerprint density at radius 3 is 2.73 bits per heavy atom. The number of piperidine rings is 1. The van der Waals surface area contributed by atoms with E-state index in [9.17, 15) is 9.59 Å². The molecule has 0 spiro atoms. The first-order valence-electron chi connectivity index (χ1n) is 14.3. The van der Waals surface area contributed by atoms with Crippen LogP contribution in [0.4, 0.5) is 0 Å². The number of ketones is 1. The molecule has 6 rings (SSSR count). The molecule has 1 amide bonds. The van der Waals surface area contributed by atoms with E-state index in [1.165, 1.54) is 24.8 Å². The Labute approximate surface area is 239 Å². The standard InChI is InChI=1S/C33H35N5O3/c1-23-5-7-24(8-6-23)21-38-22-26(20-34-38)33(40)35-27-9-12-32(39)29(19-27)31-18-25-17-28(10-11-30(25)36-31)41-16-15-37-13-3-2-4-14-37/h5-11,17-20,22,36H,2-4,12-16,21H2,1H3,(H,35,40). The Bertz CT molecular complexity index is 1620. The second-order valence-corrected chi connectivity index (χ2v) is 10.9. The third kappa shape index (κ3) is 6.49. The summed E-state index contributed by atoms with van der Waals surface area (Å²) >= 11 is 0. The molecule has 0 atom stereocenters. The largest absolute Gasteiger partial charge is 0.492 e. The molecule has 3 heterocycles. The van der Waals surface area contributed by atoms with Gasteiger partial charge in [0.2, 0.25) is 0 Å². The first kappa shape index (κ1) is 26.8. The second kappa shape index (κ2) is 12.0. The molecular weight excluding hydrogens is 514 g/mol. The van der Waals surface area contributed by atoms with Gasteiger partial charge in [-0.25, -0.2) is 0 Å². The van der Waals surface area contributed by atoms with Crippen molar-refractivity contribution >= 4 is 28.2 Å². The van der Waals surface area contributed by atoms with E-state index >= 15 is 0 Å². The molecule has 1 saturated heterocycles. The maximum Gasteiger partial charge on any atom is 0.258 e. The molecule has 0 radical (unpaired) electrons. The molecule has 0 saturated carbocycles. The number of nitrogens with zero attached hydrogens (tertiary/aromatic N) is 3. The van der Waals surface area contributed by atoms with Crippen LogP contribution in [0, 0.1) is 6.92 Å². The van der Waals surface area contributed by atoms with Gasteiger partial charge in [0, 0.05) is 41.3 Å². The number of carbonyl (C=O) groups is 2. The van der Waals surface area contributed by atoms with E-state index in [1.54, 1.807) is 29.2 Å². The van der Waals surface area contributed by atoms with E-state index in [0.29, 0.717) is 30.0 Å². The van der Waals surface area contributed by atoms with Crippen molar-refractivity contribution < 1.29 is 14.3 Å². The number of rotatable bonds is 9. The van der Waals surface area contributed by atoms with Crippen molar-refractivity contribution in [3.05, 3.63) is 101 Å². The summed E-state index contributed by atoms with van der Waals surface area (Å²) in [6.45, 7) is 6.54. The lowest BCUT2D eigenvalue weighted by Crippen LogP contribution is -2.33. The van der Waals surface area contributed by atoms with Gasteiger partial charge in [-0.3, -0.25) is 19.2 Å². The topological polar surface area (TPSA) is 92.2 Å². The fourth-order valence-electron chi connectivity index (χ4n) is 5.39. The molecule has 2 aromatic carbocycles. The third-order valence-electron chi connectivity index (χ3n) is 7.73. The zero-order valence-corrected chi connectivity index (χ0v) is 23.4. The number of fused-ring (bicyclic) bond motifs is 1. The Morgan fingerprint density at radius 1 is 1.07 bits per heavy atom. The molecule has 4 aromatic rings. The van der Waals surface area contributed by atoms with Crippen LogP contribution in [-0.4, -0.2) is 57.6 Å². The first-order chi connectivity index (χ1) is 20.0. The van der Waals surface area contributed by atoms with Gasteiger partial charge in [-0.2, -0.15) is 5.10 Å². The molecule has 8 nitrogen and oxygen atoms in total. The van der Waals surface area contributed by atoms with Gasteiger partial charge in [-0.15, -0.1) is 0 Å². The Hall–Kier alpha value is -4.43. The normalized spacial score (nSPS) is 16.0. The average Bonchev–Trinajstić information content (AvgIpc) is 3.63. The van der Waals surface area contributed by atoms with Gasteiger partial charge in [0.25, 0.3) is 5.91 Å². The van der Waals surface area contributed by atoms with Gasteiger partial charge in [-0.1, -0.05) is 42.3 Å². The van der Waals surface area contributed by atoms with E-state index < -0.39 is 0 Å². The highest BCUT2D eigenvalue weighted by Crippen LogP contribution is 2.28. The summed E-state index contributed by atoms with van der Waals surface area (Å²) in [4.78, 5) is 31.6. The number of aryl methyl sites for hydroxylation is 1. The zero-order valence-electron chi connectivity index (χ0n) is 23.4. The van der Waals surface area contributed by atoms with Gasteiger partial charge < -0.3 is 15.0 Å². The van der Waals surface area contributed by atoms with Crippen LogP contribution in [0.2, 0.25) is 0 Å². The van der Waals surface area contributed by atoms with E-state index in [1.807, 2.05) is 24.3 Å². The number of carbonyl (C=O) groups excluding carboxylic acids is 2. The minimum atomic E-state index is -0.264. The highest BCUT2D eigenvalue weighted by atomic mass is 16.5. The Morgan fingerprint density at radius 2 is 1.90 bits per heavy atom. The number of benzene rings is 2. The number of amides is 1. The number of aromatic nitrogens is 3. The molecule has 2 aromatic heterocycles. The third-order valence-corrected chi connectivity index (χ3v) is 7.73. The fraction of sp³-hybridized carbons (Fsp3) is 0.303. The summed E-state index contributed by atoms with van der Waals surface area (Å²) in [6.07, 6.45) is 10.9. The molecule has 210 valence electrons. The molecule has 1 aliphatic carbocycles. The predicted octanol–water partition coefficient (Wildman–Crippen LogP) is 5.26. The summed E-state index contributed by atoms with van der Waals surface area (Å²) in [5, 5.41) is 8.26. The van der Waals surface area contributed by atoms with E-state index in [0.717, 1.165) is 47.5 Å². The molecular formula is C33H35N5O3. The van der Waals surface area contributed by atoms with Gasteiger partial charge in [0.1, 0.15) is 12.4 Å². The lowest BCUT2D eigenvalue weighted by atomic mass is 9.98. The van der Waals surface area contributed by atoms with Crippen LogP contribution in [-0.2, 0) is 11.3 Å². The van der Waals surface area contributed by atoms with E-state index in [-0.39, 0.29) is 18.1 Å². The number of Topliss-reactive ketones (excluding diaryl/α,β-unsaturated/α-hetero) is 1. The highest BCUT2D eigenvalue weighted by Gasteiger charge is 2.20. The van der Waals surface area contributed by atoms with Crippen LogP contribution in [0.1, 0.15) is 52.9 Å². The minimum Gasteiger partial charge on any atom is -0.492 e. The lowest BCUT2D eigenvalue weighted by molar-refractivity contribution is -0.113. The maximum absolute atomic E-state index is 13.0. The van der Waals surface area contributed by atoms with Crippen molar-refractivity contribution in [2.45, 2.75) is 39.2 Å². The molecule has 2 N–H and O–H groups in total. The number of H-pyrrole nitrogens is 1. The average molecular weight is 550 g/mol. The lowest BCUT2D eigenvalue weighted by Gasteiger charge is -2.26. The Kier molecular flexibility index (Phi) is 7.82. The first-order valence-corrected chi connectivity index (χ1v) is 14.3. The van der Waals surface area contributed by atoms with E-state index in [2.05, 4.69) is 51.5 Å². The van der Waals surface area contributed by atoms with Crippen LogP contribution >= 0.6 is 0 Å². The van der Waals surface area contributed by atoms with Gasteiger partial charge >= 0.3 is 0 Å². The highest BCUT2D eigenvalue weighted by molar-refractivity contribution is 6.23. The zero-order chi connectivity index (χ0) is 28.2. The van der Waals surface area contributed by atoms with E-state index in [4.69, 9.17) is 4.74 Å². The van der Waals surface area contributed by atoms with Crippen molar-refractivity contribution in [3.8, 4) is 5.75 Å². The number of hydrogen-bond donors (Lipinski definition) is 2. The fourth-order valence-corrected chi connectivity index (χ4v) is 5.39. The van der Waals surface area contributed by atoms with Crippen LogP contribution in [0.3, 0.4) is 0 Å². The molecule has 1 fully saturated rings. The number of allylic oxidation sites excluding steroid dienone is 3. The van der Waals surface area contributed by atoms with Crippen molar-refractivity contribution in [1.29, 1.82) is 0 Å². The van der Waals surface area contributed by atoms with Crippen LogP contribution in [0.15, 0.2) is 78.8 Å². The van der Waals surface area contributed by atoms with Crippen molar-refractivity contribution in [2.75, 3.05) is 26.2 Å². The minimum absolute atomic E-state index is 0.00141. The number of nitrogens with one attached hydrogen (secondary N) is 2. The summed E-state index contributed by atoms with van der Waals surface area (Å²) in [5.41, 5.74) is 5.56. The second-order valence-electron chi connectivity index (χ2n) is 10.9. The molecule has 41 heavy (non-hydrogen) atoms. The van der Waals surface area contributed by atoms with Gasteiger partial charge in [0.05, 0.1) is 24.0 Å². The maximum atomic E-state index is 13.0. The number of ether oxygens (including phenoxy) is 1. The number of aromatic amines is 1. The summed E-state index contributed by atoms with van der Waals surface area (Å²) < 4.78 is 7.78. The van der Waals surface area contributed by atoms with Crippen molar-refractivity contribution in [2.24, 2.45) is 0 Å². The van der Waals surface area contributed by atoms with Crippen LogP contribution < -0.4 is 10.1 Å². The summed E-state index contributed by atoms with van der Waals surface area (Å²) in [7, 11) is 0. The molecule has 2 aliphatic rings. The van der Waals surface area contributed by atoms with Gasteiger partial charge in [-0.05, 0) is 68.8 Å². The monoisotopic (exact) mass is 549 g/mol. The van der Waals surface area contributed by atoms with Crippen LogP contribution in [0.5, 0.6) is 5.75 Å². The summed E-state index contributed by atoms with van der Waals surface area (Å²) in [5.74, 6) is 0.553. The quantitative estimate of drug-likeness (QED) is 0.297. The molecule has 1 aliphatic heterocycles. The SMILES string of the molecule is Cc1ccc(Cn2cc(C(=O)NC3=CCC(=O)C(c4cc5cc(OCCN6CCCCC6)ccc5[nH]4)=C3)cn2)cc1. The molecule has 0 unspecified atom stereocenters. The Balaban J connectivity index is 1.10. The number of hydrogen-bond acceptors (Lipinski definition) is 5. The van der Waals surface area contributed by atoms with Crippen molar-refractivity contribution in [3.63, 3.8) is 0 Å². The smallest absolute Gasteiger partial charge is 0.258 e.